The van der Waals surface area contributed by atoms with Crippen LogP contribution in [0, 0.1) is 17.7 Å². The lowest BCUT2D eigenvalue weighted by Crippen LogP contribution is -2.39. The third-order valence-electron chi connectivity index (χ3n) is 5.02. The Bertz CT molecular complexity index is 1070. The van der Waals surface area contributed by atoms with E-state index in [2.05, 4.69) is 4.99 Å². The lowest BCUT2D eigenvalue weighted by molar-refractivity contribution is -0.123. The maximum Gasteiger partial charge on any atom is 0.358 e. The molecule has 2 heterocycles. The van der Waals surface area contributed by atoms with E-state index in [0.717, 1.165) is 23.2 Å². The molecular weight excluding hydrogens is 410 g/mol. The first kappa shape index (κ1) is 19.0. The van der Waals surface area contributed by atoms with Crippen molar-refractivity contribution in [2.75, 3.05) is 4.90 Å². The first-order valence-corrected chi connectivity index (χ1v) is 10.2. The molecule has 1 saturated heterocycles. The minimum absolute atomic E-state index is 0.0249. The highest BCUT2D eigenvalue weighted by atomic mass is 35.5. The second kappa shape index (κ2) is 6.32. The average molecular weight is 423 g/mol. The second-order valence-electron chi connectivity index (χ2n) is 6.53. The molecule has 28 heavy (non-hydrogen) atoms. The molecule has 0 aromatic heterocycles. The Kier molecular flexibility index (Phi) is 4.28. The summed E-state index contributed by atoms with van der Waals surface area (Å²) in [7, 11) is -5.02. The number of halogens is 2. The number of nitrogens with zero attached hydrogens (tertiary/aromatic N) is 2. The molecule has 3 unspecified atom stereocenters. The Morgan fingerprint density at radius 3 is 2.39 bits per heavy atom. The summed E-state index contributed by atoms with van der Waals surface area (Å²) in [6, 6.07) is 11.0. The van der Waals surface area contributed by atoms with E-state index in [1.54, 1.807) is 18.2 Å². The molecule has 0 bridgehead atoms. The van der Waals surface area contributed by atoms with E-state index >= 15 is 0 Å². The van der Waals surface area contributed by atoms with Crippen LogP contribution in [-0.4, -0.2) is 27.8 Å². The molecule has 2 aliphatic rings. The van der Waals surface area contributed by atoms with E-state index in [-0.39, 0.29) is 16.3 Å². The van der Waals surface area contributed by atoms with E-state index in [9.17, 15) is 28.3 Å². The zero-order valence-electron chi connectivity index (χ0n) is 14.1. The monoisotopic (exact) mass is 422 g/mol. The number of carbonyl (C=O) groups excluding carboxylic acids is 2. The van der Waals surface area contributed by atoms with Crippen LogP contribution in [0.5, 0.6) is 0 Å². The maximum absolute atomic E-state index is 13.5. The lowest BCUT2D eigenvalue weighted by atomic mass is 9.87. The van der Waals surface area contributed by atoms with E-state index in [0.29, 0.717) is 0 Å². The van der Waals surface area contributed by atoms with Gasteiger partial charge in [0.05, 0.1) is 22.5 Å². The molecular formula is C18H13ClFN2O5P. The molecule has 0 radical (unpaired) electrons. The van der Waals surface area contributed by atoms with Crippen molar-refractivity contribution in [2.45, 2.75) is 5.28 Å². The van der Waals surface area contributed by atoms with Gasteiger partial charge in [0.1, 0.15) is 5.82 Å². The second-order valence-corrected chi connectivity index (χ2v) is 8.71. The van der Waals surface area contributed by atoms with Gasteiger partial charge in [0, 0.05) is 6.21 Å². The maximum atomic E-state index is 13.5. The number of carbonyl (C=O) groups is 2. The van der Waals surface area contributed by atoms with Crippen LogP contribution in [0.3, 0.4) is 0 Å². The third-order valence-corrected chi connectivity index (χ3v) is 6.85. The molecule has 1 fully saturated rings. The van der Waals surface area contributed by atoms with Gasteiger partial charge in [-0.2, -0.15) is 0 Å². The number of rotatable bonds is 3. The van der Waals surface area contributed by atoms with Gasteiger partial charge in [-0.3, -0.25) is 19.1 Å². The largest absolute Gasteiger partial charge is 0.358 e. The van der Waals surface area contributed by atoms with Gasteiger partial charge in [0.2, 0.25) is 11.8 Å². The number of aliphatic imine (C=N–C) groups is 1. The number of hydrogen-bond acceptors (Lipinski definition) is 4. The van der Waals surface area contributed by atoms with E-state index in [1.165, 1.54) is 18.2 Å². The number of imide groups is 1. The van der Waals surface area contributed by atoms with Crippen molar-refractivity contribution in [3.63, 3.8) is 0 Å². The van der Waals surface area contributed by atoms with Gasteiger partial charge in [0.25, 0.3) is 0 Å². The highest BCUT2D eigenvalue weighted by Crippen LogP contribution is 2.66. The van der Waals surface area contributed by atoms with E-state index in [1.807, 2.05) is 0 Å². The van der Waals surface area contributed by atoms with Gasteiger partial charge in [0.15, 0.2) is 5.28 Å². The van der Waals surface area contributed by atoms with Crippen LogP contribution in [0.25, 0.3) is 0 Å². The fourth-order valence-electron chi connectivity index (χ4n) is 3.78. The van der Waals surface area contributed by atoms with Crippen LogP contribution < -0.4 is 4.90 Å². The van der Waals surface area contributed by atoms with Crippen molar-refractivity contribution in [3.8, 4) is 0 Å². The van der Waals surface area contributed by atoms with Crippen molar-refractivity contribution in [1.29, 1.82) is 0 Å². The summed E-state index contributed by atoms with van der Waals surface area (Å²) in [4.78, 5) is 51.1. The Labute approximate surface area is 163 Å². The van der Waals surface area contributed by atoms with Gasteiger partial charge >= 0.3 is 7.60 Å². The molecule has 4 rings (SSSR count). The minimum Gasteiger partial charge on any atom is -0.322 e. The number of fused-ring (bicyclic) bond motifs is 1. The Balaban J connectivity index is 1.87. The highest BCUT2D eigenvalue weighted by molar-refractivity contribution is 7.53. The Hall–Kier alpha value is -2.38. The molecule has 144 valence electrons. The predicted octanol–water partition coefficient (Wildman–Crippen LogP) is 2.70. The smallest absolute Gasteiger partial charge is 0.322 e. The number of anilines is 1. The lowest BCUT2D eigenvalue weighted by Gasteiger charge is -2.32. The fourth-order valence-corrected chi connectivity index (χ4v) is 5.29. The van der Waals surface area contributed by atoms with Gasteiger partial charge < -0.3 is 9.79 Å². The predicted molar refractivity (Wildman–Crippen MR) is 99.5 cm³/mol. The van der Waals surface area contributed by atoms with Gasteiger partial charge in [-0.1, -0.05) is 41.9 Å². The standard InChI is InChI=1S/C18H13ClFN2O5P/c19-13-8-11(6-7-14(13)20)22-16(23)12-9-21-18(28(25,26)27,15(12)17(22)24)10-4-2-1-3-5-10/h1-9,12,15H,(H2,25,26,27). The van der Waals surface area contributed by atoms with Crippen LogP contribution in [0.1, 0.15) is 5.56 Å². The average Bonchev–Trinajstić information content (AvgIpc) is 3.16. The first-order chi connectivity index (χ1) is 13.2. The van der Waals surface area contributed by atoms with Gasteiger partial charge in [-0.25, -0.2) is 9.29 Å². The van der Waals surface area contributed by atoms with Crippen LogP contribution in [0.2, 0.25) is 5.02 Å². The van der Waals surface area contributed by atoms with Gasteiger partial charge in [-0.05, 0) is 23.8 Å². The molecule has 3 atom stereocenters. The molecule has 0 spiro atoms. The van der Waals surface area contributed by atoms with Gasteiger partial charge in [-0.15, -0.1) is 0 Å². The van der Waals surface area contributed by atoms with Crippen molar-refractivity contribution in [2.24, 2.45) is 16.8 Å². The highest BCUT2D eigenvalue weighted by Gasteiger charge is 2.68. The van der Waals surface area contributed by atoms with Crippen LogP contribution in [0.15, 0.2) is 53.5 Å². The molecule has 2 N–H and O–H groups in total. The van der Waals surface area contributed by atoms with Crippen LogP contribution in [-0.2, 0) is 19.4 Å². The fraction of sp³-hybridized carbons (Fsp3) is 0.167. The summed E-state index contributed by atoms with van der Waals surface area (Å²) < 4.78 is 26.0. The minimum atomic E-state index is -5.02. The van der Waals surface area contributed by atoms with Crippen molar-refractivity contribution < 1.29 is 28.3 Å². The number of hydrogen-bond donors (Lipinski definition) is 2. The third kappa shape index (κ3) is 2.49. The summed E-state index contributed by atoms with van der Waals surface area (Å²) in [6.07, 6.45) is 1.11. The molecule has 2 aliphatic heterocycles. The number of benzene rings is 2. The van der Waals surface area contributed by atoms with E-state index in [4.69, 9.17) is 11.6 Å². The Morgan fingerprint density at radius 2 is 1.79 bits per heavy atom. The zero-order valence-corrected chi connectivity index (χ0v) is 15.7. The van der Waals surface area contributed by atoms with Crippen molar-refractivity contribution >= 4 is 42.9 Å². The van der Waals surface area contributed by atoms with Crippen LogP contribution in [0.4, 0.5) is 10.1 Å². The Morgan fingerprint density at radius 1 is 1.11 bits per heavy atom. The summed E-state index contributed by atoms with van der Waals surface area (Å²) in [5, 5.41) is -2.49. The van der Waals surface area contributed by atoms with Crippen molar-refractivity contribution in [3.05, 3.63) is 64.9 Å². The molecule has 0 saturated carbocycles. The zero-order chi connectivity index (χ0) is 20.3. The molecule has 2 aromatic carbocycles. The molecule has 10 heteroatoms. The summed E-state index contributed by atoms with van der Waals surface area (Å²) in [5.74, 6) is -4.83. The summed E-state index contributed by atoms with van der Waals surface area (Å²) in [6.45, 7) is 0. The topological polar surface area (TPSA) is 107 Å². The number of amides is 2. The normalized spacial score (nSPS) is 26.8. The summed E-state index contributed by atoms with van der Waals surface area (Å²) in [5.41, 5.74) is 0.157. The molecule has 0 aliphatic carbocycles. The summed E-state index contributed by atoms with van der Waals surface area (Å²) >= 11 is 5.76. The molecule has 2 amide bonds. The van der Waals surface area contributed by atoms with Crippen LogP contribution >= 0.6 is 19.2 Å². The molecule has 2 aromatic rings. The molecule has 7 nitrogen and oxygen atoms in total. The van der Waals surface area contributed by atoms with E-state index < -0.39 is 42.3 Å². The SMILES string of the molecule is O=C1C2C=NC(c3ccccc3)(P(=O)(O)O)C2C(=O)N1c1ccc(F)c(Cl)c1. The van der Waals surface area contributed by atoms with Crippen molar-refractivity contribution in [1.82, 2.24) is 0 Å². The first-order valence-electron chi connectivity index (χ1n) is 8.18. The quantitative estimate of drug-likeness (QED) is 0.584.